The fraction of sp³-hybridized carbons (Fsp3) is 0.733. The molecule has 0 saturated carbocycles. The number of nitrogens with zero attached hydrogens (tertiary/aromatic N) is 2. The first-order chi connectivity index (χ1) is 9.03. The Morgan fingerprint density at radius 1 is 1.10 bits per heavy atom. The maximum atomic E-state index is 12.9. The van der Waals surface area contributed by atoms with Crippen LogP contribution in [0.5, 0.6) is 0 Å². The molecule has 1 saturated heterocycles. The van der Waals surface area contributed by atoms with Crippen LogP contribution in [0, 0.1) is 0 Å². The maximum absolute atomic E-state index is 12.9. The van der Waals surface area contributed by atoms with E-state index in [-0.39, 0.29) is 23.4 Å². The van der Waals surface area contributed by atoms with Crippen LogP contribution in [0.3, 0.4) is 0 Å². The Labute approximate surface area is 121 Å². The number of nitrogens with one attached hydrogen (secondary N) is 1. The number of piperazine rings is 1. The van der Waals surface area contributed by atoms with Crippen LogP contribution in [0.1, 0.15) is 41.5 Å². The summed E-state index contributed by atoms with van der Waals surface area (Å²) in [5, 5.41) is 3.21. The van der Waals surface area contributed by atoms with Crippen molar-refractivity contribution in [3.05, 3.63) is 11.8 Å². The normalized spacial score (nSPS) is 25.2. The summed E-state index contributed by atoms with van der Waals surface area (Å²) < 4.78 is 0. The van der Waals surface area contributed by atoms with Crippen molar-refractivity contribution in [1.82, 2.24) is 15.1 Å². The molecule has 2 aliphatic rings. The lowest BCUT2D eigenvalue weighted by Crippen LogP contribution is -2.67. The van der Waals surface area contributed by atoms with Gasteiger partial charge in [-0.1, -0.05) is 0 Å². The molecule has 0 aromatic heterocycles. The molecule has 2 aliphatic heterocycles. The molecule has 0 bridgehead atoms. The summed E-state index contributed by atoms with van der Waals surface area (Å²) in [7, 11) is 0. The third-order valence-corrected chi connectivity index (χ3v) is 3.77. The fourth-order valence-corrected chi connectivity index (χ4v) is 2.92. The lowest BCUT2D eigenvalue weighted by atomic mass is 9.93. The van der Waals surface area contributed by atoms with Crippen LogP contribution in [0.15, 0.2) is 11.8 Å². The van der Waals surface area contributed by atoms with Crippen LogP contribution >= 0.6 is 0 Å². The zero-order chi connectivity index (χ0) is 15.3. The highest BCUT2D eigenvalue weighted by Gasteiger charge is 2.47. The van der Waals surface area contributed by atoms with Gasteiger partial charge in [-0.15, -0.1) is 0 Å². The molecule has 0 aromatic carbocycles. The van der Waals surface area contributed by atoms with Crippen LogP contribution in [0.25, 0.3) is 0 Å². The van der Waals surface area contributed by atoms with E-state index in [1.165, 1.54) is 4.90 Å². The molecule has 2 rings (SSSR count). The Morgan fingerprint density at radius 3 is 2.20 bits per heavy atom. The van der Waals surface area contributed by atoms with Crippen molar-refractivity contribution in [2.75, 3.05) is 13.1 Å². The molecule has 112 valence electrons. The standard InChI is InChI=1S/C15H25N3O2/c1-14(2,3)17-8-7-16-10-9-11(19)18(15(4,5)6)13(20)12(10)17/h9,12,16H,7-8H2,1-6H3. The Hall–Kier alpha value is -1.36. The average Bonchev–Trinajstić information content (AvgIpc) is 2.24. The third-order valence-electron chi connectivity index (χ3n) is 3.77. The first-order valence-corrected chi connectivity index (χ1v) is 7.14. The molecule has 0 radical (unpaired) electrons. The molecule has 0 aromatic rings. The van der Waals surface area contributed by atoms with Gasteiger partial charge in [-0.05, 0) is 41.5 Å². The second-order valence-electron chi connectivity index (χ2n) is 7.48. The predicted octanol–water partition coefficient (Wildman–Crippen LogP) is 1.11. The molecule has 0 spiro atoms. The molecule has 1 fully saturated rings. The van der Waals surface area contributed by atoms with Crippen molar-refractivity contribution in [2.24, 2.45) is 0 Å². The lowest BCUT2D eigenvalue weighted by molar-refractivity contribution is -0.154. The quantitative estimate of drug-likeness (QED) is 0.675. The molecular formula is C15H25N3O2. The smallest absolute Gasteiger partial charge is 0.255 e. The highest BCUT2D eigenvalue weighted by Crippen LogP contribution is 2.30. The number of carbonyl (C=O) groups is 2. The van der Waals surface area contributed by atoms with Gasteiger partial charge >= 0.3 is 0 Å². The Morgan fingerprint density at radius 2 is 1.70 bits per heavy atom. The summed E-state index contributed by atoms with van der Waals surface area (Å²) in [5.74, 6) is -0.348. The predicted molar refractivity (Wildman–Crippen MR) is 77.9 cm³/mol. The number of rotatable bonds is 0. The van der Waals surface area contributed by atoms with Gasteiger partial charge in [0, 0.05) is 35.9 Å². The molecule has 0 aliphatic carbocycles. The summed E-state index contributed by atoms with van der Waals surface area (Å²) in [6.07, 6.45) is 1.58. The van der Waals surface area contributed by atoms with Crippen molar-refractivity contribution in [3.63, 3.8) is 0 Å². The molecular weight excluding hydrogens is 254 g/mol. The van der Waals surface area contributed by atoms with Crippen molar-refractivity contribution >= 4 is 11.8 Å². The van der Waals surface area contributed by atoms with E-state index in [1.807, 2.05) is 20.8 Å². The Bertz CT molecular complexity index is 468. The van der Waals surface area contributed by atoms with Crippen molar-refractivity contribution in [1.29, 1.82) is 0 Å². The summed E-state index contributed by atoms with van der Waals surface area (Å²) in [6.45, 7) is 13.5. The van der Waals surface area contributed by atoms with Gasteiger partial charge in [-0.25, -0.2) is 0 Å². The van der Waals surface area contributed by atoms with Gasteiger partial charge in [0.2, 0.25) is 0 Å². The van der Waals surface area contributed by atoms with Gasteiger partial charge in [0.05, 0.1) is 0 Å². The van der Waals surface area contributed by atoms with Crippen molar-refractivity contribution in [2.45, 2.75) is 58.7 Å². The molecule has 5 heteroatoms. The second kappa shape index (κ2) is 4.58. The van der Waals surface area contributed by atoms with Gasteiger partial charge < -0.3 is 5.32 Å². The highest BCUT2D eigenvalue weighted by molar-refractivity contribution is 6.08. The highest BCUT2D eigenvalue weighted by atomic mass is 16.2. The maximum Gasteiger partial charge on any atom is 0.255 e. The number of hydrogen-bond acceptors (Lipinski definition) is 4. The van der Waals surface area contributed by atoms with Gasteiger partial charge in [0.25, 0.3) is 11.8 Å². The molecule has 20 heavy (non-hydrogen) atoms. The molecule has 2 heterocycles. The SMILES string of the molecule is CC(C)(C)N1C(=O)C=C2NCCN(C(C)(C)C)C2C1=O. The fourth-order valence-electron chi connectivity index (χ4n) is 2.92. The van der Waals surface area contributed by atoms with Gasteiger partial charge in [0.1, 0.15) is 6.04 Å². The number of carbonyl (C=O) groups excluding carboxylic acids is 2. The largest absolute Gasteiger partial charge is 0.385 e. The van der Waals surface area contributed by atoms with Gasteiger partial charge in [0.15, 0.2) is 0 Å². The summed E-state index contributed by atoms with van der Waals surface area (Å²) in [4.78, 5) is 28.6. The lowest BCUT2D eigenvalue weighted by Gasteiger charge is -2.49. The van der Waals surface area contributed by atoms with Crippen LogP contribution in [0.2, 0.25) is 0 Å². The third kappa shape index (κ3) is 2.46. The number of fused-ring (bicyclic) bond motifs is 1. The van der Waals surface area contributed by atoms with E-state index < -0.39 is 5.54 Å². The first-order valence-electron chi connectivity index (χ1n) is 7.14. The van der Waals surface area contributed by atoms with Crippen molar-refractivity contribution < 1.29 is 9.59 Å². The van der Waals surface area contributed by atoms with Crippen molar-refractivity contribution in [3.8, 4) is 0 Å². The van der Waals surface area contributed by atoms with Crippen LogP contribution in [0.4, 0.5) is 0 Å². The monoisotopic (exact) mass is 279 g/mol. The van der Waals surface area contributed by atoms with Crippen LogP contribution in [-0.4, -0.2) is 51.8 Å². The molecule has 5 nitrogen and oxygen atoms in total. The van der Waals surface area contributed by atoms with Crippen LogP contribution in [-0.2, 0) is 9.59 Å². The zero-order valence-electron chi connectivity index (χ0n) is 13.3. The topological polar surface area (TPSA) is 52.7 Å². The zero-order valence-corrected chi connectivity index (χ0v) is 13.3. The summed E-state index contributed by atoms with van der Waals surface area (Å²) >= 11 is 0. The van der Waals surface area contributed by atoms with Gasteiger partial charge in [-0.2, -0.15) is 0 Å². The van der Waals surface area contributed by atoms with E-state index in [1.54, 1.807) is 6.08 Å². The van der Waals surface area contributed by atoms with E-state index in [2.05, 4.69) is 31.0 Å². The van der Waals surface area contributed by atoms with Gasteiger partial charge in [-0.3, -0.25) is 19.4 Å². The first kappa shape index (κ1) is 15.0. The summed E-state index contributed by atoms with van der Waals surface area (Å²) in [5.41, 5.74) is 0.115. The van der Waals surface area contributed by atoms with E-state index >= 15 is 0 Å². The average molecular weight is 279 g/mol. The summed E-state index contributed by atoms with van der Waals surface area (Å²) in [6, 6.07) is -0.374. The number of hydrogen-bond donors (Lipinski definition) is 1. The second-order valence-corrected chi connectivity index (χ2v) is 7.48. The number of imide groups is 1. The van der Waals surface area contributed by atoms with Crippen LogP contribution < -0.4 is 5.32 Å². The minimum absolute atomic E-state index is 0.120. The molecule has 1 N–H and O–H groups in total. The number of amides is 2. The molecule has 1 atom stereocenters. The molecule has 2 amide bonds. The minimum Gasteiger partial charge on any atom is -0.385 e. The molecule has 1 unspecified atom stereocenters. The van der Waals surface area contributed by atoms with E-state index in [0.717, 1.165) is 18.8 Å². The Kier molecular flexibility index (Phi) is 3.45. The van der Waals surface area contributed by atoms with E-state index in [9.17, 15) is 9.59 Å². The minimum atomic E-state index is -0.503. The Balaban J connectivity index is 2.45. The van der Waals surface area contributed by atoms with E-state index in [4.69, 9.17) is 0 Å². The van der Waals surface area contributed by atoms with E-state index in [0.29, 0.717) is 0 Å².